The summed E-state index contributed by atoms with van der Waals surface area (Å²) in [5.74, 6) is 2.02. The number of carbonyl (C=O) groups excluding carboxylic acids is 1. The third kappa shape index (κ3) is 7.34. The number of amides is 2. The molecule has 2 amide bonds. The molecule has 3 N–H and O–H groups in total. The third-order valence-corrected chi connectivity index (χ3v) is 6.22. The van der Waals surface area contributed by atoms with Gasteiger partial charge in [0.1, 0.15) is 12.1 Å². The normalized spacial score (nSPS) is 13.8. The van der Waals surface area contributed by atoms with E-state index in [9.17, 15) is 4.79 Å². The van der Waals surface area contributed by atoms with E-state index in [1.807, 2.05) is 19.1 Å². The van der Waals surface area contributed by atoms with Crippen molar-refractivity contribution in [2.45, 2.75) is 19.8 Å². The number of halogens is 1. The zero-order valence-electron chi connectivity index (χ0n) is 21.2. The standard InChI is InChI=1S/C26H33ClN6O4/c1-3-7-29-26(34)32-21-6-5-18(14-20(21)27)37-25-19-15-23(35-2)24(16-22(19)30-17-31-25)36-13-4-10-33-11-8-28-9-12-33/h5-6,14-17,28H,3-4,7-13H2,1-2H3,(H2,29,32,34). The van der Waals surface area contributed by atoms with Gasteiger partial charge in [-0.2, -0.15) is 0 Å². The van der Waals surface area contributed by atoms with Crippen molar-refractivity contribution in [3.8, 4) is 23.1 Å². The van der Waals surface area contributed by atoms with Gasteiger partial charge in [-0.25, -0.2) is 14.8 Å². The molecule has 1 aliphatic heterocycles. The van der Waals surface area contributed by atoms with E-state index in [1.54, 1.807) is 25.3 Å². The van der Waals surface area contributed by atoms with Gasteiger partial charge in [-0.05, 0) is 31.0 Å². The molecule has 1 fully saturated rings. The molecule has 0 aliphatic carbocycles. The topological polar surface area (TPSA) is 110 Å². The number of rotatable bonds is 11. The molecule has 1 saturated heterocycles. The monoisotopic (exact) mass is 528 g/mol. The van der Waals surface area contributed by atoms with Crippen LogP contribution in [0.15, 0.2) is 36.7 Å². The van der Waals surface area contributed by atoms with E-state index >= 15 is 0 Å². The van der Waals surface area contributed by atoms with E-state index in [1.165, 1.54) is 6.33 Å². The van der Waals surface area contributed by atoms with E-state index in [0.29, 0.717) is 57.9 Å². The van der Waals surface area contributed by atoms with Crippen molar-refractivity contribution in [3.63, 3.8) is 0 Å². The van der Waals surface area contributed by atoms with E-state index in [0.717, 1.165) is 45.6 Å². The van der Waals surface area contributed by atoms with Crippen molar-refractivity contribution < 1.29 is 19.0 Å². The lowest BCUT2D eigenvalue weighted by Crippen LogP contribution is -2.43. The lowest BCUT2D eigenvalue weighted by molar-refractivity contribution is 0.211. The summed E-state index contributed by atoms with van der Waals surface area (Å²) in [5, 5.41) is 9.85. The van der Waals surface area contributed by atoms with Crippen LogP contribution >= 0.6 is 11.6 Å². The molecule has 0 bridgehead atoms. The number of ether oxygens (including phenoxy) is 3. The fourth-order valence-corrected chi connectivity index (χ4v) is 4.19. The number of aromatic nitrogens is 2. The number of anilines is 1. The van der Waals surface area contributed by atoms with E-state index < -0.39 is 0 Å². The van der Waals surface area contributed by atoms with E-state index in [4.69, 9.17) is 25.8 Å². The van der Waals surface area contributed by atoms with Crippen LogP contribution in [0.5, 0.6) is 23.1 Å². The quantitative estimate of drug-likeness (QED) is 0.316. The first kappa shape index (κ1) is 26.7. The summed E-state index contributed by atoms with van der Waals surface area (Å²) in [5.41, 5.74) is 1.15. The van der Waals surface area contributed by atoms with Crippen LogP contribution in [0.3, 0.4) is 0 Å². The number of nitrogens with one attached hydrogen (secondary N) is 3. The number of fused-ring (bicyclic) bond motifs is 1. The van der Waals surface area contributed by atoms with Crippen LogP contribution in [0.2, 0.25) is 5.02 Å². The maximum absolute atomic E-state index is 11.9. The highest BCUT2D eigenvalue weighted by Crippen LogP contribution is 2.37. The minimum absolute atomic E-state index is 0.312. The van der Waals surface area contributed by atoms with Crippen LogP contribution < -0.4 is 30.2 Å². The second-order valence-corrected chi connectivity index (χ2v) is 9.02. The highest BCUT2D eigenvalue weighted by atomic mass is 35.5. The molecule has 1 aromatic heterocycles. The Morgan fingerprint density at radius 2 is 2.00 bits per heavy atom. The fourth-order valence-electron chi connectivity index (χ4n) is 3.98. The molecule has 0 unspecified atom stereocenters. The minimum Gasteiger partial charge on any atom is -0.493 e. The van der Waals surface area contributed by atoms with E-state index in [-0.39, 0.29) is 6.03 Å². The lowest BCUT2D eigenvalue weighted by atomic mass is 10.2. The second-order valence-electron chi connectivity index (χ2n) is 8.62. The summed E-state index contributed by atoms with van der Waals surface area (Å²) >= 11 is 6.37. The maximum atomic E-state index is 11.9. The minimum atomic E-state index is -0.312. The molecule has 198 valence electrons. The first-order valence-corrected chi connectivity index (χ1v) is 12.9. The van der Waals surface area contributed by atoms with Gasteiger partial charge in [0.25, 0.3) is 0 Å². The predicted molar refractivity (Wildman–Crippen MR) is 144 cm³/mol. The number of hydrogen-bond acceptors (Lipinski definition) is 8. The second kappa shape index (κ2) is 13.3. The Bertz CT molecular complexity index is 1210. The summed E-state index contributed by atoms with van der Waals surface area (Å²) < 4.78 is 17.7. The van der Waals surface area contributed by atoms with Crippen LogP contribution in [-0.2, 0) is 0 Å². The number of methoxy groups -OCH3 is 1. The molecule has 0 radical (unpaired) electrons. The van der Waals surface area contributed by atoms with Gasteiger partial charge in [-0.1, -0.05) is 18.5 Å². The number of urea groups is 1. The first-order valence-electron chi connectivity index (χ1n) is 12.5. The Labute approximate surface area is 221 Å². The molecule has 2 heterocycles. The van der Waals surface area contributed by atoms with Gasteiger partial charge < -0.3 is 35.1 Å². The SMILES string of the molecule is CCCNC(=O)Nc1ccc(Oc2ncnc3cc(OCCCN4CCNCC4)c(OC)cc23)cc1Cl. The fraction of sp³-hybridized carbons (Fsp3) is 0.423. The highest BCUT2D eigenvalue weighted by molar-refractivity contribution is 6.33. The maximum Gasteiger partial charge on any atom is 0.319 e. The van der Waals surface area contributed by atoms with Crippen LogP contribution in [0, 0.1) is 0 Å². The van der Waals surface area contributed by atoms with Crippen molar-refractivity contribution in [1.29, 1.82) is 0 Å². The molecular weight excluding hydrogens is 496 g/mol. The molecule has 11 heteroatoms. The van der Waals surface area contributed by atoms with Crippen LogP contribution in [0.25, 0.3) is 10.9 Å². The van der Waals surface area contributed by atoms with Gasteiger partial charge in [0.15, 0.2) is 11.5 Å². The Kier molecular flexibility index (Phi) is 9.58. The van der Waals surface area contributed by atoms with Gasteiger partial charge >= 0.3 is 6.03 Å². The van der Waals surface area contributed by atoms with Crippen molar-refractivity contribution in [3.05, 3.63) is 41.7 Å². The Morgan fingerprint density at radius 1 is 1.16 bits per heavy atom. The Hall–Kier alpha value is -3.34. The smallest absolute Gasteiger partial charge is 0.319 e. The molecule has 4 rings (SSSR count). The first-order chi connectivity index (χ1) is 18.1. The van der Waals surface area contributed by atoms with E-state index in [2.05, 4.69) is 30.8 Å². The average molecular weight is 529 g/mol. The third-order valence-electron chi connectivity index (χ3n) is 5.91. The molecule has 3 aromatic rings. The van der Waals surface area contributed by atoms with Crippen molar-refractivity contribution in [2.24, 2.45) is 0 Å². The molecule has 0 saturated carbocycles. The zero-order valence-corrected chi connectivity index (χ0v) is 21.9. The number of hydrogen-bond donors (Lipinski definition) is 3. The average Bonchev–Trinajstić information content (AvgIpc) is 2.91. The van der Waals surface area contributed by atoms with Gasteiger partial charge in [-0.15, -0.1) is 0 Å². The molecule has 37 heavy (non-hydrogen) atoms. The summed E-state index contributed by atoms with van der Waals surface area (Å²) in [6.07, 6.45) is 3.20. The summed E-state index contributed by atoms with van der Waals surface area (Å²) in [6.45, 7) is 8.34. The largest absolute Gasteiger partial charge is 0.493 e. The van der Waals surface area contributed by atoms with Gasteiger partial charge in [-0.3, -0.25) is 0 Å². The van der Waals surface area contributed by atoms with Crippen LogP contribution in [0.4, 0.5) is 10.5 Å². The number of nitrogens with zero attached hydrogens (tertiary/aromatic N) is 3. The molecule has 0 spiro atoms. The Balaban J connectivity index is 1.44. The number of piperazine rings is 1. The summed E-state index contributed by atoms with van der Waals surface area (Å²) in [4.78, 5) is 23.1. The highest BCUT2D eigenvalue weighted by Gasteiger charge is 2.15. The number of benzene rings is 2. The zero-order chi connectivity index (χ0) is 26.0. The van der Waals surface area contributed by atoms with Crippen molar-refractivity contribution >= 4 is 34.2 Å². The van der Waals surface area contributed by atoms with Crippen LogP contribution in [0.1, 0.15) is 19.8 Å². The predicted octanol–water partition coefficient (Wildman–Crippen LogP) is 4.29. The lowest BCUT2D eigenvalue weighted by Gasteiger charge is -2.27. The van der Waals surface area contributed by atoms with Crippen molar-refractivity contribution in [1.82, 2.24) is 25.5 Å². The Morgan fingerprint density at radius 3 is 2.76 bits per heavy atom. The molecule has 1 aliphatic rings. The summed E-state index contributed by atoms with van der Waals surface area (Å²) in [6, 6.07) is 8.35. The van der Waals surface area contributed by atoms with Crippen molar-refractivity contribution in [2.75, 3.05) is 58.3 Å². The van der Waals surface area contributed by atoms with Gasteiger partial charge in [0.05, 0.1) is 35.3 Å². The molecule has 10 nitrogen and oxygen atoms in total. The number of carbonyl (C=O) groups is 1. The van der Waals surface area contributed by atoms with Gasteiger partial charge in [0.2, 0.25) is 5.88 Å². The summed E-state index contributed by atoms with van der Waals surface area (Å²) in [7, 11) is 1.60. The molecule has 0 atom stereocenters. The van der Waals surface area contributed by atoms with Crippen LogP contribution in [-0.4, -0.2) is 73.9 Å². The molecule has 2 aromatic carbocycles. The molecular formula is C26H33ClN6O4. The van der Waals surface area contributed by atoms with Gasteiger partial charge in [0, 0.05) is 51.4 Å².